The van der Waals surface area contributed by atoms with E-state index in [4.69, 9.17) is 9.47 Å². The van der Waals surface area contributed by atoms with Crippen LogP contribution in [0.5, 0.6) is 0 Å². The molecule has 2 heterocycles. The minimum absolute atomic E-state index is 0.0741. The molecule has 0 saturated carbocycles. The molecular formula is C22H23NO4. The van der Waals surface area contributed by atoms with E-state index in [0.29, 0.717) is 17.5 Å². The van der Waals surface area contributed by atoms with Gasteiger partial charge in [-0.3, -0.25) is 4.90 Å². The molecule has 2 saturated heterocycles. The van der Waals surface area contributed by atoms with Gasteiger partial charge in [-0.25, -0.2) is 9.59 Å². The van der Waals surface area contributed by atoms with Gasteiger partial charge in [-0.1, -0.05) is 36.4 Å². The van der Waals surface area contributed by atoms with Gasteiger partial charge < -0.3 is 9.47 Å². The van der Waals surface area contributed by atoms with Crippen molar-refractivity contribution in [3.8, 4) is 0 Å². The fraction of sp³-hybridized carbons (Fsp3) is 0.364. The fourth-order valence-corrected chi connectivity index (χ4v) is 4.17. The summed E-state index contributed by atoms with van der Waals surface area (Å²) in [6, 6.07) is 18.4. The van der Waals surface area contributed by atoms with Gasteiger partial charge in [-0.15, -0.1) is 0 Å². The van der Waals surface area contributed by atoms with E-state index in [1.807, 2.05) is 36.4 Å². The molecule has 0 aliphatic carbocycles. The lowest BCUT2D eigenvalue weighted by Crippen LogP contribution is -2.46. The molecule has 0 radical (unpaired) electrons. The second kappa shape index (κ2) is 7.53. The van der Waals surface area contributed by atoms with Crippen LogP contribution < -0.4 is 0 Å². The Morgan fingerprint density at radius 1 is 0.815 bits per heavy atom. The number of likely N-dealkylation sites (N-methyl/N-ethyl adjacent to an activating group) is 1. The van der Waals surface area contributed by atoms with Gasteiger partial charge in [0.1, 0.15) is 12.2 Å². The van der Waals surface area contributed by atoms with E-state index in [1.54, 1.807) is 24.3 Å². The number of esters is 2. The van der Waals surface area contributed by atoms with Crippen molar-refractivity contribution in [2.75, 3.05) is 7.05 Å². The standard InChI is InChI=1S/C22H23NO4/c1-23-17-12-18(26-21(24)15-8-4-2-5-9-15)14-19(23)20(13-17)27-22(25)16-10-6-3-7-11-16/h2-11,17-20H,12-14H2,1H3/t17-,18-,19+,20-/m1/s1. The first-order valence-corrected chi connectivity index (χ1v) is 9.36. The number of nitrogens with zero attached hydrogens (tertiary/aromatic N) is 1. The molecule has 0 spiro atoms. The van der Waals surface area contributed by atoms with Crippen molar-refractivity contribution >= 4 is 11.9 Å². The summed E-state index contributed by atoms with van der Waals surface area (Å²) in [7, 11) is 2.06. The molecule has 2 aromatic carbocycles. The van der Waals surface area contributed by atoms with Gasteiger partial charge in [0.2, 0.25) is 0 Å². The molecule has 0 amide bonds. The largest absolute Gasteiger partial charge is 0.459 e. The van der Waals surface area contributed by atoms with Crippen LogP contribution in [0, 0.1) is 0 Å². The lowest BCUT2D eigenvalue weighted by Gasteiger charge is -2.36. The van der Waals surface area contributed by atoms with Gasteiger partial charge in [0.15, 0.2) is 0 Å². The van der Waals surface area contributed by atoms with E-state index >= 15 is 0 Å². The summed E-state index contributed by atoms with van der Waals surface area (Å²) in [5.74, 6) is -0.582. The van der Waals surface area contributed by atoms with Gasteiger partial charge in [-0.2, -0.15) is 0 Å². The molecule has 2 bridgehead atoms. The molecule has 2 fully saturated rings. The first-order valence-electron chi connectivity index (χ1n) is 9.36. The van der Waals surface area contributed by atoms with Crippen molar-refractivity contribution in [3.05, 3.63) is 71.8 Å². The summed E-state index contributed by atoms with van der Waals surface area (Å²) < 4.78 is 11.5. The zero-order valence-electron chi connectivity index (χ0n) is 15.3. The minimum Gasteiger partial charge on any atom is -0.459 e. The minimum atomic E-state index is -0.292. The van der Waals surface area contributed by atoms with E-state index in [9.17, 15) is 9.59 Å². The lowest BCUT2D eigenvalue weighted by molar-refractivity contribution is -0.0152. The van der Waals surface area contributed by atoms with E-state index in [2.05, 4.69) is 11.9 Å². The second-order valence-corrected chi connectivity index (χ2v) is 7.30. The smallest absolute Gasteiger partial charge is 0.338 e. The SMILES string of the molecule is CN1[C@@H]2C[C@@H](OC(=O)c3ccccc3)C[C@H]1[C@H](OC(=O)c1ccccc1)C2. The molecule has 27 heavy (non-hydrogen) atoms. The Morgan fingerprint density at radius 2 is 1.37 bits per heavy atom. The first kappa shape index (κ1) is 17.7. The summed E-state index contributed by atoms with van der Waals surface area (Å²) in [5, 5.41) is 0. The summed E-state index contributed by atoms with van der Waals surface area (Å²) >= 11 is 0. The average molecular weight is 365 g/mol. The molecule has 0 N–H and O–H groups in total. The third-order valence-corrected chi connectivity index (χ3v) is 5.62. The maximum Gasteiger partial charge on any atom is 0.338 e. The highest BCUT2D eigenvalue weighted by atomic mass is 16.6. The van der Waals surface area contributed by atoms with Crippen LogP contribution >= 0.6 is 0 Å². The summed E-state index contributed by atoms with van der Waals surface area (Å²) in [6.07, 6.45) is 1.90. The predicted molar refractivity (Wildman–Crippen MR) is 100 cm³/mol. The number of benzene rings is 2. The number of piperidine rings is 1. The van der Waals surface area contributed by atoms with Crippen LogP contribution in [0.25, 0.3) is 0 Å². The van der Waals surface area contributed by atoms with Gasteiger partial charge >= 0.3 is 11.9 Å². The molecule has 4 atom stereocenters. The maximum atomic E-state index is 12.4. The van der Waals surface area contributed by atoms with E-state index in [-0.39, 0.29) is 36.2 Å². The van der Waals surface area contributed by atoms with Crippen molar-refractivity contribution in [3.63, 3.8) is 0 Å². The molecule has 2 aliphatic heterocycles. The highest BCUT2D eigenvalue weighted by molar-refractivity contribution is 5.90. The fourth-order valence-electron chi connectivity index (χ4n) is 4.17. The zero-order chi connectivity index (χ0) is 18.8. The molecule has 0 unspecified atom stereocenters. The molecule has 4 rings (SSSR count). The van der Waals surface area contributed by atoms with Crippen molar-refractivity contribution < 1.29 is 19.1 Å². The highest BCUT2D eigenvalue weighted by Crippen LogP contribution is 2.38. The van der Waals surface area contributed by atoms with Crippen LogP contribution in [-0.4, -0.2) is 48.2 Å². The van der Waals surface area contributed by atoms with Crippen molar-refractivity contribution in [2.45, 2.75) is 43.6 Å². The van der Waals surface area contributed by atoms with Crippen LogP contribution in [0.15, 0.2) is 60.7 Å². The average Bonchev–Trinajstić information content (AvgIpc) is 2.87. The molecule has 0 aromatic heterocycles. The van der Waals surface area contributed by atoms with Crippen LogP contribution in [0.4, 0.5) is 0 Å². The van der Waals surface area contributed by atoms with E-state index < -0.39 is 0 Å². The van der Waals surface area contributed by atoms with Crippen molar-refractivity contribution in [2.24, 2.45) is 0 Å². The molecular weight excluding hydrogens is 342 g/mol. The van der Waals surface area contributed by atoms with Gasteiger partial charge in [0, 0.05) is 25.3 Å². The summed E-state index contributed by atoms with van der Waals surface area (Å²) in [6.45, 7) is 0. The zero-order valence-corrected chi connectivity index (χ0v) is 15.3. The van der Waals surface area contributed by atoms with Gasteiger partial charge in [-0.05, 0) is 31.3 Å². The Balaban J connectivity index is 1.40. The van der Waals surface area contributed by atoms with Crippen LogP contribution in [0.1, 0.15) is 40.0 Å². The lowest BCUT2D eigenvalue weighted by atomic mass is 10.00. The molecule has 2 aliphatic rings. The Labute approximate surface area is 158 Å². The maximum absolute atomic E-state index is 12.4. The molecule has 2 aromatic rings. The van der Waals surface area contributed by atoms with Crippen LogP contribution in [0.3, 0.4) is 0 Å². The van der Waals surface area contributed by atoms with E-state index in [1.165, 1.54) is 0 Å². The number of hydrogen-bond donors (Lipinski definition) is 0. The van der Waals surface area contributed by atoms with Crippen LogP contribution in [0.2, 0.25) is 0 Å². The monoisotopic (exact) mass is 365 g/mol. The van der Waals surface area contributed by atoms with E-state index in [0.717, 1.165) is 12.8 Å². The normalized spacial score (nSPS) is 27.1. The molecule has 5 nitrogen and oxygen atoms in total. The number of ether oxygens (including phenoxy) is 2. The Morgan fingerprint density at radius 3 is 1.96 bits per heavy atom. The quantitative estimate of drug-likeness (QED) is 0.778. The topological polar surface area (TPSA) is 55.8 Å². The first-order chi connectivity index (χ1) is 13.1. The number of rotatable bonds is 4. The van der Waals surface area contributed by atoms with Gasteiger partial charge in [0.25, 0.3) is 0 Å². The summed E-state index contributed by atoms with van der Waals surface area (Å²) in [5.41, 5.74) is 1.13. The predicted octanol–water partition coefficient (Wildman–Crippen LogP) is 3.30. The third-order valence-electron chi connectivity index (χ3n) is 5.62. The third kappa shape index (κ3) is 3.74. The number of carbonyl (C=O) groups is 2. The molecule has 5 heteroatoms. The van der Waals surface area contributed by atoms with Gasteiger partial charge in [0.05, 0.1) is 17.2 Å². The Hall–Kier alpha value is -2.66. The van der Waals surface area contributed by atoms with Crippen LogP contribution in [-0.2, 0) is 9.47 Å². The number of fused-ring (bicyclic) bond motifs is 2. The number of hydrogen-bond acceptors (Lipinski definition) is 5. The van der Waals surface area contributed by atoms with Crippen molar-refractivity contribution in [1.82, 2.24) is 4.90 Å². The van der Waals surface area contributed by atoms with Crippen molar-refractivity contribution in [1.29, 1.82) is 0 Å². The summed E-state index contributed by atoms with van der Waals surface area (Å²) in [4.78, 5) is 27.0. The highest BCUT2D eigenvalue weighted by Gasteiger charge is 2.47. The second-order valence-electron chi connectivity index (χ2n) is 7.30. The Bertz CT molecular complexity index is 806. The number of carbonyl (C=O) groups excluding carboxylic acids is 2. The molecule has 140 valence electrons. The Kier molecular flexibility index (Phi) is 4.94.